The summed E-state index contributed by atoms with van der Waals surface area (Å²) in [5.74, 6) is 1.50. The van der Waals surface area contributed by atoms with Crippen LogP contribution in [0.15, 0.2) is 61.2 Å². The molecule has 0 saturated carbocycles. The molecular formula is C28H33N7O. The molecule has 0 spiro atoms. The van der Waals surface area contributed by atoms with Gasteiger partial charge in [-0.1, -0.05) is 49.0 Å². The lowest BCUT2D eigenvalue weighted by Gasteiger charge is -2.35. The van der Waals surface area contributed by atoms with E-state index in [2.05, 4.69) is 95.9 Å². The number of hydrogen-bond acceptors (Lipinski definition) is 6. The molecule has 1 N–H and O–H groups in total. The Bertz CT molecular complexity index is 1410. The summed E-state index contributed by atoms with van der Waals surface area (Å²) in [7, 11) is 6.17. The quantitative estimate of drug-likeness (QED) is 0.405. The van der Waals surface area contributed by atoms with Gasteiger partial charge in [-0.3, -0.25) is 4.79 Å². The number of nitrogens with one attached hydrogen (secondary N) is 1. The maximum absolute atomic E-state index is 12.1. The first-order valence-electron chi connectivity index (χ1n) is 12.4. The Kier molecular flexibility index (Phi) is 6.61. The Morgan fingerprint density at radius 1 is 1.06 bits per heavy atom. The number of benzene rings is 2. The topological polar surface area (TPSA) is 69.5 Å². The Hall–Kier alpha value is -3.91. The normalized spacial score (nSPS) is 14.1. The van der Waals surface area contributed by atoms with E-state index in [1.54, 1.807) is 0 Å². The van der Waals surface area contributed by atoms with E-state index in [1.807, 2.05) is 4.90 Å². The van der Waals surface area contributed by atoms with Crippen LogP contribution in [-0.4, -0.2) is 83.6 Å². The van der Waals surface area contributed by atoms with Gasteiger partial charge in [0.1, 0.15) is 11.5 Å². The lowest BCUT2D eigenvalue weighted by atomic mass is 10.0. The van der Waals surface area contributed by atoms with Gasteiger partial charge >= 0.3 is 0 Å². The van der Waals surface area contributed by atoms with Crippen molar-refractivity contribution in [1.82, 2.24) is 24.3 Å². The van der Waals surface area contributed by atoms with Crippen LogP contribution in [0.5, 0.6) is 0 Å². The molecule has 0 radical (unpaired) electrons. The molecule has 2 aromatic carbocycles. The number of carbonyl (C=O) groups excluding carboxylic acids is 1. The minimum Gasteiger partial charge on any atom is -0.353 e. The number of carbonyl (C=O) groups is 1. The van der Waals surface area contributed by atoms with Crippen molar-refractivity contribution in [3.63, 3.8) is 0 Å². The second kappa shape index (κ2) is 9.99. The molecule has 1 amide bonds. The van der Waals surface area contributed by atoms with E-state index in [1.165, 1.54) is 22.4 Å². The number of hydrogen-bond donors (Lipinski definition) is 1. The van der Waals surface area contributed by atoms with Crippen LogP contribution < -0.4 is 10.2 Å². The second-order valence-electron chi connectivity index (χ2n) is 9.47. The number of aryl methyl sites for hydroxylation is 1. The Morgan fingerprint density at radius 3 is 2.56 bits per heavy atom. The van der Waals surface area contributed by atoms with Crippen molar-refractivity contribution in [2.45, 2.75) is 0 Å². The van der Waals surface area contributed by atoms with Crippen LogP contribution >= 0.6 is 0 Å². The van der Waals surface area contributed by atoms with Crippen LogP contribution in [0.1, 0.15) is 0 Å². The molecule has 0 bridgehead atoms. The van der Waals surface area contributed by atoms with Crippen LogP contribution in [0.25, 0.3) is 33.1 Å². The molecule has 4 aromatic rings. The number of nitrogens with zero attached hydrogens (tertiary/aromatic N) is 6. The zero-order chi connectivity index (χ0) is 25.2. The maximum Gasteiger partial charge on any atom is 0.246 e. The average molecular weight is 484 g/mol. The number of amides is 1. The summed E-state index contributed by atoms with van der Waals surface area (Å²) in [6.07, 6.45) is 1.39. The lowest BCUT2D eigenvalue weighted by molar-refractivity contribution is -0.126. The fourth-order valence-corrected chi connectivity index (χ4v) is 4.86. The first-order chi connectivity index (χ1) is 17.5. The molecule has 0 aliphatic carbocycles. The molecule has 36 heavy (non-hydrogen) atoms. The van der Waals surface area contributed by atoms with Gasteiger partial charge in [-0.05, 0) is 37.0 Å². The molecule has 186 valence electrons. The summed E-state index contributed by atoms with van der Waals surface area (Å²) < 4.78 is 2.16. The number of likely N-dealkylation sites (N-methyl/N-ethyl adjacent to an activating group) is 1. The van der Waals surface area contributed by atoms with Gasteiger partial charge in [-0.2, -0.15) is 9.97 Å². The van der Waals surface area contributed by atoms with Crippen molar-refractivity contribution in [3.8, 4) is 11.3 Å². The number of rotatable bonds is 7. The first-order valence-corrected chi connectivity index (χ1v) is 12.4. The van der Waals surface area contributed by atoms with Gasteiger partial charge in [0.25, 0.3) is 0 Å². The number of aromatic nitrogens is 3. The molecule has 1 aliphatic heterocycles. The Morgan fingerprint density at radius 2 is 1.81 bits per heavy atom. The van der Waals surface area contributed by atoms with Crippen molar-refractivity contribution >= 4 is 39.5 Å². The van der Waals surface area contributed by atoms with Crippen LogP contribution in [-0.2, 0) is 11.8 Å². The van der Waals surface area contributed by atoms with E-state index in [9.17, 15) is 4.79 Å². The average Bonchev–Trinajstić information content (AvgIpc) is 3.23. The zero-order valence-electron chi connectivity index (χ0n) is 21.2. The predicted molar refractivity (Wildman–Crippen MR) is 147 cm³/mol. The van der Waals surface area contributed by atoms with Crippen LogP contribution in [0.3, 0.4) is 0 Å². The molecule has 8 nitrogen and oxygen atoms in total. The summed E-state index contributed by atoms with van der Waals surface area (Å²) in [5, 5.41) is 6.84. The van der Waals surface area contributed by atoms with Crippen molar-refractivity contribution in [3.05, 3.63) is 61.2 Å². The third kappa shape index (κ3) is 4.52. The fraction of sp³-hybridized carbons (Fsp3) is 0.321. The Labute approximate surface area is 211 Å². The van der Waals surface area contributed by atoms with E-state index in [-0.39, 0.29) is 5.91 Å². The van der Waals surface area contributed by atoms with Crippen LogP contribution in [0.2, 0.25) is 0 Å². The number of fused-ring (bicyclic) bond motifs is 2. The standard InChI is InChI=1S/C28H33N7O/c1-5-25(36)34-15-17-35(18-16-34)27-23-19-24(22-12-8-10-20-9-6-7-11-21(20)22)33(4)26(23)30-28(31-27)29-13-14-32(2)3/h5-12,19H,1,13-18H2,2-4H3,(H,29,30,31). The molecule has 5 rings (SSSR count). The maximum atomic E-state index is 12.1. The molecule has 3 heterocycles. The molecule has 1 fully saturated rings. The van der Waals surface area contributed by atoms with E-state index >= 15 is 0 Å². The van der Waals surface area contributed by atoms with E-state index in [0.717, 1.165) is 35.6 Å². The van der Waals surface area contributed by atoms with E-state index < -0.39 is 0 Å². The van der Waals surface area contributed by atoms with Gasteiger partial charge in [-0.15, -0.1) is 0 Å². The number of anilines is 2. The van der Waals surface area contributed by atoms with Gasteiger partial charge in [0.05, 0.1) is 11.1 Å². The fourth-order valence-electron chi connectivity index (χ4n) is 4.86. The highest BCUT2D eigenvalue weighted by Crippen LogP contribution is 2.35. The highest BCUT2D eigenvalue weighted by molar-refractivity contribution is 6.01. The van der Waals surface area contributed by atoms with Crippen molar-refractivity contribution in [2.75, 3.05) is 63.6 Å². The largest absolute Gasteiger partial charge is 0.353 e. The van der Waals surface area contributed by atoms with Gasteiger partial charge in [-0.25, -0.2) is 0 Å². The summed E-state index contributed by atoms with van der Waals surface area (Å²) in [6.45, 7) is 7.96. The predicted octanol–water partition coefficient (Wildman–Crippen LogP) is 3.60. The third-order valence-corrected chi connectivity index (χ3v) is 6.84. The summed E-state index contributed by atoms with van der Waals surface area (Å²) in [5.41, 5.74) is 3.16. The zero-order valence-corrected chi connectivity index (χ0v) is 21.2. The molecule has 8 heteroatoms. The SMILES string of the molecule is C=CC(=O)N1CCN(c2nc(NCCN(C)C)nc3c2cc(-c2cccc4ccccc24)n3C)CC1. The summed E-state index contributed by atoms with van der Waals surface area (Å²) >= 11 is 0. The minimum absolute atomic E-state index is 0.0218. The van der Waals surface area contributed by atoms with Gasteiger partial charge in [0.2, 0.25) is 11.9 Å². The van der Waals surface area contributed by atoms with Gasteiger partial charge in [0.15, 0.2) is 0 Å². The lowest BCUT2D eigenvalue weighted by Crippen LogP contribution is -2.48. The number of piperazine rings is 1. The van der Waals surface area contributed by atoms with E-state index in [0.29, 0.717) is 32.1 Å². The molecule has 0 unspecified atom stereocenters. The van der Waals surface area contributed by atoms with Crippen LogP contribution in [0.4, 0.5) is 11.8 Å². The third-order valence-electron chi connectivity index (χ3n) is 6.84. The van der Waals surface area contributed by atoms with E-state index in [4.69, 9.17) is 9.97 Å². The van der Waals surface area contributed by atoms with Gasteiger partial charge < -0.3 is 24.6 Å². The highest BCUT2D eigenvalue weighted by Gasteiger charge is 2.25. The van der Waals surface area contributed by atoms with Crippen molar-refractivity contribution in [1.29, 1.82) is 0 Å². The molecular weight excluding hydrogens is 450 g/mol. The molecule has 0 atom stereocenters. The summed E-state index contributed by atoms with van der Waals surface area (Å²) in [4.78, 5) is 28.2. The highest BCUT2D eigenvalue weighted by atomic mass is 16.2. The van der Waals surface area contributed by atoms with Crippen molar-refractivity contribution in [2.24, 2.45) is 7.05 Å². The van der Waals surface area contributed by atoms with Gasteiger partial charge in [0, 0.05) is 51.9 Å². The molecule has 2 aromatic heterocycles. The van der Waals surface area contributed by atoms with Crippen LogP contribution in [0, 0.1) is 0 Å². The monoisotopic (exact) mass is 483 g/mol. The second-order valence-corrected chi connectivity index (χ2v) is 9.47. The summed E-state index contributed by atoms with van der Waals surface area (Å²) in [6, 6.07) is 17.1. The van der Waals surface area contributed by atoms with Crippen molar-refractivity contribution < 1.29 is 4.79 Å². The smallest absolute Gasteiger partial charge is 0.246 e. The minimum atomic E-state index is -0.0218. The molecule has 1 aliphatic rings. The molecule has 1 saturated heterocycles. The first kappa shape index (κ1) is 23.8. The Balaban J connectivity index is 1.59.